The molecule has 0 aliphatic heterocycles. The molecular weight excluding hydrogens is 271 g/mol. The van der Waals surface area contributed by atoms with Gasteiger partial charge in [0.2, 0.25) is 0 Å². The Morgan fingerprint density at radius 2 is 1.67 bits per heavy atom. The van der Waals surface area contributed by atoms with Gasteiger partial charge in [-0.1, -0.05) is 18.2 Å². The van der Waals surface area contributed by atoms with Crippen LogP contribution < -0.4 is 24.8 Å². The predicted octanol–water partition coefficient (Wildman–Crippen LogP) is -4.33. The van der Waals surface area contributed by atoms with Crippen LogP contribution in [0.1, 0.15) is 20.3 Å². The predicted molar refractivity (Wildman–Crippen MR) is 46.7 cm³/mol. The van der Waals surface area contributed by atoms with Crippen LogP contribution in [-0.4, -0.2) is 11.6 Å². The Morgan fingerprint density at radius 1 is 1.20 bits per heavy atom. The molecule has 2 nitrogen and oxygen atoms in total. The fourth-order valence-corrected chi connectivity index (χ4v) is 1.49. The van der Waals surface area contributed by atoms with E-state index < -0.39 is 5.92 Å². The molecule has 0 aromatic rings. The standard InChI is InChI=1S/C10H12O2.2ClH.Ti/c1-7(11)10(8(2)12)9-5-3-4-6-9;;;/h3-5,10H,6H2,1-2H3;2*1H;/q;;;+2/p-2. The molecule has 82 valence electrons. The molecule has 1 rings (SSSR count). The van der Waals surface area contributed by atoms with Crippen molar-refractivity contribution in [3.63, 3.8) is 0 Å². The maximum absolute atomic E-state index is 11.1. The average Bonchev–Trinajstić information content (AvgIpc) is 2.37. The minimum atomic E-state index is -0.500. The fourth-order valence-electron chi connectivity index (χ4n) is 1.49. The number of allylic oxidation sites excluding steroid dienone is 4. The molecule has 0 radical (unpaired) electrons. The summed E-state index contributed by atoms with van der Waals surface area (Å²) in [7, 11) is 0. The monoisotopic (exact) mass is 282 g/mol. The van der Waals surface area contributed by atoms with E-state index in [4.69, 9.17) is 0 Å². The van der Waals surface area contributed by atoms with Gasteiger partial charge in [0.25, 0.3) is 0 Å². The third-order valence-electron chi connectivity index (χ3n) is 1.98. The summed E-state index contributed by atoms with van der Waals surface area (Å²) < 4.78 is 0. The van der Waals surface area contributed by atoms with Crippen molar-refractivity contribution in [3.8, 4) is 0 Å². The van der Waals surface area contributed by atoms with E-state index >= 15 is 0 Å². The first-order chi connectivity index (χ1) is 5.63. The van der Waals surface area contributed by atoms with Crippen LogP contribution in [0.3, 0.4) is 0 Å². The quantitative estimate of drug-likeness (QED) is 0.388. The van der Waals surface area contributed by atoms with Gasteiger partial charge < -0.3 is 24.8 Å². The van der Waals surface area contributed by atoms with E-state index in [0.29, 0.717) is 0 Å². The number of hydrogen-bond acceptors (Lipinski definition) is 2. The molecule has 1 aliphatic rings. The maximum Gasteiger partial charge on any atom is 2.00 e. The summed E-state index contributed by atoms with van der Waals surface area (Å²) in [4.78, 5) is 22.2. The second-order valence-electron chi connectivity index (χ2n) is 3.03. The molecule has 0 fully saturated rings. The van der Waals surface area contributed by atoms with Crippen molar-refractivity contribution < 1.29 is 56.1 Å². The first-order valence-electron chi connectivity index (χ1n) is 3.99. The summed E-state index contributed by atoms with van der Waals surface area (Å²) in [6, 6.07) is 0. The van der Waals surface area contributed by atoms with Gasteiger partial charge in [0.05, 0.1) is 5.92 Å². The number of carbonyl (C=O) groups is 2. The van der Waals surface area contributed by atoms with Crippen molar-refractivity contribution in [3.05, 3.63) is 23.8 Å². The fraction of sp³-hybridized carbons (Fsp3) is 0.400. The summed E-state index contributed by atoms with van der Waals surface area (Å²) in [6.45, 7) is 2.93. The van der Waals surface area contributed by atoms with Crippen molar-refractivity contribution in [2.45, 2.75) is 20.3 Å². The van der Waals surface area contributed by atoms with Crippen LogP contribution in [0.15, 0.2) is 23.8 Å². The van der Waals surface area contributed by atoms with Gasteiger partial charge in [0.15, 0.2) is 0 Å². The van der Waals surface area contributed by atoms with Crippen molar-refractivity contribution in [2.24, 2.45) is 5.92 Å². The Labute approximate surface area is 117 Å². The number of halogens is 2. The van der Waals surface area contributed by atoms with Gasteiger partial charge in [-0.05, 0) is 25.8 Å². The molecule has 0 saturated carbocycles. The van der Waals surface area contributed by atoms with Gasteiger partial charge >= 0.3 is 21.7 Å². The van der Waals surface area contributed by atoms with Crippen molar-refractivity contribution >= 4 is 11.6 Å². The Morgan fingerprint density at radius 3 is 1.93 bits per heavy atom. The molecule has 0 spiro atoms. The number of hydrogen-bond donors (Lipinski definition) is 0. The topological polar surface area (TPSA) is 34.1 Å². The summed E-state index contributed by atoms with van der Waals surface area (Å²) >= 11 is 0. The van der Waals surface area contributed by atoms with Crippen LogP contribution in [-0.2, 0) is 31.3 Å². The normalized spacial score (nSPS) is 12.1. The molecule has 0 atom stereocenters. The van der Waals surface area contributed by atoms with Gasteiger partial charge in [-0.2, -0.15) is 0 Å². The number of ketones is 2. The summed E-state index contributed by atoms with van der Waals surface area (Å²) in [6.07, 6.45) is 6.43. The number of Topliss-reactive ketones (excluding diaryl/α,β-unsaturated/α-hetero) is 2. The van der Waals surface area contributed by atoms with Gasteiger partial charge in [-0.15, -0.1) is 0 Å². The minimum absolute atomic E-state index is 0. The molecule has 0 aromatic heterocycles. The number of rotatable bonds is 3. The molecule has 5 heteroatoms. The van der Waals surface area contributed by atoms with Crippen LogP contribution in [0.2, 0.25) is 0 Å². The SMILES string of the molecule is CC(=O)C(C(C)=O)C1=CC=CC1.[Cl-].[Cl-].[Ti+2]. The van der Waals surface area contributed by atoms with Crippen LogP contribution in [0.4, 0.5) is 0 Å². The second-order valence-corrected chi connectivity index (χ2v) is 3.03. The van der Waals surface area contributed by atoms with Crippen LogP contribution in [0, 0.1) is 5.92 Å². The average molecular weight is 283 g/mol. The van der Waals surface area contributed by atoms with E-state index in [1.807, 2.05) is 18.2 Å². The van der Waals surface area contributed by atoms with E-state index in [2.05, 4.69) is 0 Å². The molecule has 0 unspecified atom stereocenters. The third kappa shape index (κ3) is 5.67. The molecule has 1 aliphatic carbocycles. The van der Waals surface area contributed by atoms with Crippen LogP contribution >= 0.6 is 0 Å². The molecular formula is C10H12Cl2O2Ti. The van der Waals surface area contributed by atoms with E-state index in [9.17, 15) is 9.59 Å². The molecule has 0 aromatic carbocycles. The number of carbonyl (C=O) groups excluding carboxylic acids is 2. The molecule has 0 saturated heterocycles. The van der Waals surface area contributed by atoms with E-state index in [0.717, 1.165) is 12.0 Å². The third-order valence-corrected chi connectivity index (χ3v) is 1.98. The van der Waals surface area contributed by atoms with E-state index in [-0.39, 0.29) is 58.1 Å². The maximum atomic E-state index is 11.1. The molecule has 0 bridgehead atoms. The summed E-state index contributed by atoms with van der Waals surface area (Å²) in [5, 5.41) is 0. The van der Waals surface area contributed by atoms with Crippen molar-refractivity contribution in [2.75, 3.05) is 0 Å². The molecule has 0 amide bonds. The Hall–Kier alpha value is 0.114. The summed E-state index contributed by atoms with van der Waals surface area (Å²) in [5.74, 6) is -0.616. The van der Waals surface area contributed by atoms with Gasteiger partial charge in [-0.3, -0.25) is 9.59 Å². The van der Waals surface area contributed by atoms with Gasteiger partial charge in [0.1, 0.15) is 11.6 Å². The van der Waals surface area contributed by atoms with Gasteiger partial charge in [0, 0.05) is 0 Å². The first-order valence-corrected chi connectivity index (χ1v) is 3.99. The second kappa shape index (κ2) is 9.35. The Balaban J connectivity index is -0.000000480. The first kappa shape index (κ1) is 20.5. The van der Waals surface area contributed by atoms with Crippen molar-refractivity contribution in [1.82, 2.24) is 0 Å². The molecule has 0 N–H and O–H groups in total. The summed E-state index contributed by atoms with van der Waals surface area (Å²) in [5.41, 5.74) is 0.926. The zero-order valence-electron chi connectivity index (χ0n) is 8.59. The van der Waals surface area contributed by atoms with E-state index in [1.165, 1.54) is 13.8 Å². The minimum Gasteiger partial charge on any atom is -1.00 e. The zero-order valence-corrected chi connectivity index (χ0v) is 11.7. The molecule has 0 heterocycles. The molecule has 15 heavy (non-hydrogen) atoms. The smallest absolute Gasteiger partial charge is 1.00 e. The van der Waals surface area contributed by atoms with E-state index in [1.54, 1.807) is 0 Å². The van der Waals surface area contributed by atoms with Crippen LogP contribution in [0.5, 0.6) is 0 Å². The Kier molecular flexibility index (Phi) is 12.8. The Bertz CT molecular complexity index is 271. The zero-order chi connectivity index (χ0) is 9.14. The van der Waals surface area contributed by atoms with Crippen molar-refractivity contribution in [1.29, 1.82) is 0 Å². The largest absolute Gasteiger partial charge is 2.00 e. The van der Waals surface area contributed by atoms with Gasteiger partial charge in [-0.25, -0.2) is 0 Å². The van der Waals surface area contributed by atoms with Crippen LogP contribution in [0.25, 0.3) is 0 Å².